The molecule has 1 saturated heterocycles. The van der Waals surface area contributed by atoms with Gasteiger partial charge in [0.2, 0.25) is 5.91 Å². The van der Waals surface area contributed by atoms with E-state index in [0.29, 0.717) is 49.5 Å². The predicted molar refractivity (Wildman–Crippen MR) is 180 cm³/mol. The second-order valence-corrected chi connectivity index (χ2v) is 13.9. The molecule has 1 N–H and O–H groups in total. The van der Waals surface area contributed by atoms with Crippen LogP contribution in [-0.2, 0) is 16.0 Å². The van der Waals surface area contributed by atoms with Crippen LogP contribution in [0.4, 0.5) is 5.13 Å². The fourth-order valence-corrected chi connectivity index (χ4v) is 7.52. The minimum absolute atomic E-state index is 0.166. The number of benzene rings is 2. The topological polar surface area (TPSA) is 80.8 Å². The Kier molecular flexibility index (Phi) is 11.0. The van der Waals surface area contributed by atoms with Gasteiger partial charge in [0.15, 0.2) is 16.6 Å². The van der Waals surface area contributed by atoms with E-state index >= 15 is 0 Å². The van der Waals surface area contributed by atoms with E-state index in [-0.39, 0.29) is 24.3 Å². The first-order valence-corrected chi connectivity index (χ1v) is 16.9. The number of halogens is 2. The molecule has 1 aromatic heterocycles. The minimum atomic E-state index is -0.176. The van der Waals surface area contributed by atoms with Crippen LogP contribution in [0.25, 0.3) is 6.08 Å². The lowest BCUT2D eigenvalue weighted by molar-refractivity contribution is -0.122. The van der Waals surface area contributed by atoms with Gasteiger partial charge in [0.25, 0.3) is 5.91 Å². The van der Waals surface area contributed by atoms with Crippen LogP contribution in [0.5, 0.6) is 11.5 Å². The fourth-order valence-electron chi connectivity index (χ4n) is 4.98. The molecule has 43 heavy (non-hydrogen) atoms. The van der Waals surface area contributed by atoms with E-state index < -0.39 is 0 Å². The highest BCUT2D eigenvalue weighted by Crippen LogP contribution is 2.36. The smallest absolute Gasteiger partial charge is 0.266 e. The monoisotopic (exact) mass is 675 g/mol. The van der Waals surface area contributed by atoms with Gasteiger partial charge in [-0.05, 0) is 67.5 Å². The summed E-state index contributed by atoms with van der Waals surface area (Å²) in [6.45, 7) is 0.350. The number of anilines is 1. The van der Waals surface area contributed by atoms with Crippen LogP contribution in [-0.4, -0.2) is 45.8 Å². The van der Waals surface area contributed by atoms with Crippen LogP contribution in [0.2, 0.25) is 10.0 Å². The number of carbonyl (C=O) groups is 2. The van der Waals surface area contributed by atoms with E-state index in [0.717, 1.165) is 34.6 Å². The van der Waals surface area contributed by atoms with Crippen molar-refractivity contribution >= 4 is 85.9 Å². The largest absolute Gasteiger partial charge is 0.493 e. The molecule has 7 nitrogen and oxygen atoms in total. The quantitative estimate of drug-likeness (QED) is 0.161. The van der Waals surface area contributed by atoms with E-state index in [2.05, 4.69) is 10.3 Å². The molecule has 2 amide bonds. The number of thioether (sulfide) groups is 1. The number of thiazole rings is 1. The summed E-state index contributed by atoms with van der Waals surface area (Å²) in [6.07, 6.45) is 10.8. The third-order valence-electron chi connectivity index (χ3n) is 7.19. The lowest BCUT2D eigenvalue weighted by atomic mass is 9.98. The first kappa shape index (κ1) is 31.8. The summed E-state index contributed by atoms with van der Waals surface area (Å²) in [4.78, 5) is 33.1. The summed E-state index contributed by atoms with van der Waals surface area (Å²) in [5.74, 6) is 1.02. The summed E-state index contributed by atoms with van der Waals surface area (Å²) in [5.41, 5.74) is 1.72. The minimum Gasteiger partial charge on any atom is -0.493 e. The first-order chi connectivity index (χ1) is 20.8. The Hall–Kier alpha value is -2.63. The molecule has 1 saturated carbocycles. The predicted octanol–water partition coefficient (Wildman–Crippen LogP) is 8.38. The van der Waals surface area contributed by atoms with Gasteiger partial charge in [0.05, 0.1) is 28.2 Å². The number of ether oxygens (including phenoxy) is 2. The lowest BCUT2D eigenvalue weighted by Crippen LogP contribution is -2.29. The van der Waals surface area contributed by atoms with Crippen molar-refractivity contribution in [2.45, 2.75) is 57.5 Å². The van der Waals surface area contributed by atoms with Crippen molar-refractivity contribution in [3.63, 3.8) is 0 Å². The molecule has 0 radical (unpaired) electrons. The second kappa shape index (κ2) is 14.9. The second-order valence-electron chi connectivity index (χ2n) is 10.3. The van der Waals surface area contributed by atoms with Crippen LogP contribution in [0, 0.1) is 0 Å². The van der Waals surface area contributed by atoms with Gasteiger partial charge in [0.1, 0.15) is 4.32 Å². The zero-order valence-corrected chi connectivity index (χ0v) is 27.5. The van der Waals surface area contributed by atoms with E-state index in [9.17, 15) is 9.59 Å². The highest BCUT2D eigenvalue weighted by atomic mass is 35.5. The van der Waals surface area contributed by atoms with Gasteiger partial charge in [-0.25, -0.2) is 4.98 Å². The Bertz CT molecular complexity index is 1540. The lowest BCUT2D eigenvalue weighted by Gasteiger charge is -2.24. The number of nitrogens with zero attached hydrogens (tertiary/aromatic N) is 2. The average Bonchev–Trinajstić information content (AvgIpc) is 3.55. The molecule has 2 aromatic carbocycles. The maximum absolute atomic E-state index is 13.1. The Morgan fingerprint density at radius 1 is 1.19 bits per heavy atom. The molecule has 1 aliphatic carbocycles. The van der Waals surface area contributed by atoms with Crippen molar-refractivity contribution in [1.82, 2.24) is 9.88 Å². The average molecular weight is 677 g/mol. The van der Waals surface area contributed by atoms with Crippen LogP contribution >= 0.6 is 58.5 Å². The Labute approximate surface area is 274 Å². The zero-order chi connectivity index (χ0) is 30.3. The van der Waals surface area contributed by atoms with Crippen molar-refractivity contribution in [3.05, 3.63) is 73.5 Å². The summed E-state index contributed by atoms with van der Waals surface area (Å²) in [7, 11) is 1.62. The molecule has 2 aliphatic rings. The van der Waals surface area contributed by atoms with Gasteiger partial charge in [-0.3, -0.25) is 14.5 Å². The summed E-state index contributed by atoms with van der Waals surface area (Å²) in [6, 6.07) is 11.2. The molecule has 1 aliphatic heterocycles. The third kappa shape index (κ3) is 8.30. The van der Waals surface area contributed by atoms with Crippen molar-refractivity contribution in [2.75, 3.05) is 19.0 Å². The Balaban J connectivity index is 1.11. The number of methoxy groups -OCH3 is 1. The number of hydrogen-bond donors (Lipinski definition) is 1. The van der Waals surface area contributed by atoms with E-state index in [1.165, 1.54) is 42.4 Å². The molecule has 5 rings (SSSR count). The molecule has 12 heteroatoms. The van der Waals surface area contributed by atoms with Crippen molar-refractivity contribution in [1.29, 1.82) is 0 Å². The SMILES string of the molecule is COc1cc(/C=C2\SC(=S)N(CCCC(=O)Nc3ncc(Cc4cccc(Cl)c4Cl)s3)C2=O)ccc1OC1CCCCC1. The summed E-state index contributed by atoms with van der Waals surface area (Å²) < 4.78 is 12.3. The zero-order valence-electron chi connectivity index (χ0n) is 23.6. The van der Waals surface area contributed by atoms with Crippen LogP contribution in [0.15, 0.2) is 47.5 Å². The molecule has 3 aromatic rings. The molecule has 2 heterocycles. The van der Waals surface area contributed by atoms with Crippen LogP contribution < -0.4 is 14.8 Å². The highest BCUT2D eigenvalue weighted by molar-refractivity contribution is 8.26. The molecule has 0 unspecified atom stereocenters. The highest BCUT2D eigenvalue weighted by Gasteiger charge is 2.31. The number of nitrogens with one attached hydrogen (secondary N) is 1. The van der Waals surface area contributed by atoms with Crippen molar-refractivity contribution in [2.24, 2.45) is 0 Å². The summed E-state index contributed by atoms with van der Waals surface area (Å²) >= 11 is 20.5. The van der Waals surface area contributed by atoms with Gasteiger partial charge in [-0.15, -0.1) is 11.3 Å². The molecule has 2 fully saturated rings. The van der Waals surface area contributed by atoms with E-state index in [1.54, 1.807) is 24.3 Å². The van der Waals surface area contributed by atoms with Gasteiger partial charge in [-0.1, -0.05) is 71.8 Å². The molecular formula is C31H31Cl2N3O4S3. The van der Waals surface area contributed by atoms with Gasteiger partial charge >= 0.3 is 0 Å². The van der Waals surface area contributed by atoms with Gasteiger partial charge in [-0.2, -0.15) is 0 Å². The Morgan fingerprint density at radius 2 is 2.00 bits per heavy atom. The van der Waals surface area contributed by atoms with Gasteiger partial charge < -0.3 is 14.8 Å². The molecule has 0 atom stereocenters. The van der Waals surface area contributed by atoms with E-state index in [4.69, 9.17) is 44.9 Å². The Morgan fingerprint density at radius 3 is 2.79 bits per heavy atom. The standard InChI is InChI=1S/C31H31Cl2N3O4S3/c1-39-25-15-19(12-13-24(25)40-21-8-3-2-4-9-21)16-26-29(38)36(31(41)43-26)14-6-11-27(37)35-30-34-18-22(42-30)17-20-7-5-10-23(32)28(20)33/h5,7,10,12-13,15-16,18,21H,2-4,6,8-9,11,14,17H2,1H3,(H,34,35,37)/b26-16-. The molecule has 226 valence electrons. The molecule has 0 bridgehead atoms. The van der Waals surface area contributed by atoms with Crippen molar-refractivity contribution in [3.8, 4) is 11.5 Å². The third-order valence-corrected chi connectivity index (χ3v) is 10.3. The van der Waals surface area contributed by atoms with Crippen LogP contribution in [0.1, 0.15) is 60.9 Å². The molecule has 0 spiro atoms. The number of hydrogen-bond acceptors (Lipinski definition) is 8. The van der Waals surface area contributed by atoms with Crippen molar-refractivity contribution < 1.29 is 19.1 Å². The number of thiocarbonyl (C=S) groups is 1. The number of carbonyl (C=O) groups excluding carboxylic acids is 2. The maximum atomic E-state index is 13.1. The number of rotatable bonds is 11. The van der Waals surface area contributed by atoms with Gasteiger partial charge in [0, 0.05) is 30.5 Å². The maximum Gasteiger partial charge on any atom is 0.266 e. The van der Waals surface area contributed by atoms with Crippen LogP contribution in [0.3, 0.4) is 0 Å². The van der Waals surface area contributed by atoms with E-state index in [1.807, 2.05) is 36.4 Å². The number of aromatic nitrogens is 1. The molecular weight excluding hydrogens is 645 g/mol. The fraction of sp³-hybridized carbons (Fsp3) is 0.355. The first-order valence-electron chi connectivity index (χ1n) is 14.1. The summed E-state index contributed by atoms with van der Waals surface area (Å²) in [5, 5.41) is 4.37. The number of amides is 2. The normalized spacial score (nSPS) is 16.6.